The van der Waals surface area contributed by atoms with Crippen LogP contribution in [0.1, 0.15) is 115 Å². The van der Waals surface area contributed by atoms with Crippen molar-refractivity contribution in [2.75, 3.05) is 6.61 Å². The van der Waals surface area contributed by atoms with Crippen molar-refractivity contribution < 1.29 is 4.74 Å². The number of hydrogen-bond acceptors (Lipinski definition) is 2. The van der Waals surface area contributed by atoms with E-state index >= 15 is 0 Å². The van der Waals surface area contributed by atoms with E-state index in [1.165, 1.54) is 112 Å². The molecule has 2 rings (SSSR count). The van der Waals surface area contributed by atoms with Crippen molar-refractivity contribution >= 4 is 11.8 Å². The number of unbranched alkanes of at least 4 members (excludes halogenated alkanes) is 15. The first-order valence-electron chi connectivity index (χ1n) is 13.8. The molecule has 33 heavy (non-hydrogen) atoms. The second-order valence-corrected chi connectivity index (χ2v) is 10.6. The average molecular weight is 469 g/mol. The lowest BCUT2D eigenvalue weighted by molar-refractivity contribution is 0.297. The summed E-state index contributed by atoms with van der Waals surface area (Å²) in [6.45, 7) is 5.29. The third-order valence-corrected chi connectivity index (χ3v) is 7.63. The van der Waals surface area contributed by atoms with Crippen molar-refractivity contribution in [1.82, 2.24) is 0 Å². The fourth-order valence-electron chi connectivity index (χ4n) is 4.31. The highest BCUT2D eigenvalue weighted by Gasteiger charge is 2.09. The van der Waals surface area contributed by atoms with Crippen LogP contribution in [0, 0.1) is 6.92 Å². The maximum atomic E-state index is 6.19. The van der Waals surface area contributed by atoms with E-state index in [0.717, 1.165) is 18.8 Å². The van der Waals surface area contributed by atoms with E-state index in [4.69, 9.17) is 4.74 Å². The molecule has 0 aliphatic carbocycles. The Morgan fingerprint density at radius 3 is 1.64 bits per heavy atom. The highest BCUT2D eigenvalue weighted by atomic mass is 32.2. The van der Waals surface area contributed by atoms with Gasteiger partial charge in [0.15, 0.2) is 0 Å². The van der Waals surface area contributed by atoms with E-state index in [-0.39, 0.29) is 0 Å². The SMILES string of the molecule is CCCCCCCCCCCCCCCCCCOc1cccc(C)c1Sc1ccccc1. The summed E-state index contributed by atoms with van der Waals surface area (Å²) in [6.07, 6.45) is 22.4. The number of benzene rings is 2. The first-order chi connectivity index (χ1) is 16.3. The normalized spacial score (nSPS) is 11.1. The molecule has 0 atom stereocenters. The Labute approximate surface area is 209 Å². The van der Waals surface area contributed by atoms with Crippen LogP contribution in [0.4, 0.5) is 0 Å². The van der Waals surface area contributed by atoms with E-state index in [1.807, 2.05) is 0 Å². The van der Waals surface area contributed by atoms with Gasteiger partial charge in [-0.1, -0.05) is 145 Å². The molecule has 0 N–H and O–H groups in total. The fourth-order valence-corrected chi connectivity index (χ4v) is 5.29. The maximum absolute atomic E-state index is 6.19. The molecule has 0 saturated heterocycles. The van der Waals surface area contributed by atoms with Gasteiger partial charge in [0.25, 0.3) is 0 Å². The summed E-state index contributed by atoms with van der Waals surface area (Å²) in [7, 11) is 0. The summed E-state index contributed by atoms with van der Waals surface area (Å²) in [5, 5.41) is 0. The van der Waals surface area contributed by atoms with Crippen LogP contribution in [-0.4, -0.2) is 6.61 Å². The predicted molar refractivity (Wildman–Crippen MR) is 147 cm³/mol. The topological polar surface area (TPSA) is 9.23 Å². The van der Waals surface area contributed by atoms with Gasteiger partial charge in [-0.2, -0.15) is 0 Å². The molecule has 0 bridgehead atoms. The highest BCUT2D eigenvalue weighted by Crippen LogP contribution is 2.37. The molecule has 0 unspecified atom stereocenters. The zero-order chi connectivity index (χ0) is 23.4. The molecule has 1 nitrogen and oxygen atoms in total. The smallest absolute Gasteiger partial charge is 0.133 e. The van der Waals surface area contributed by atoms with Gasteiger partial charge in [0.05, 0.1) is 11.5 Å². The molecule has 2 aromatic carbocycles. The number of hydrogen-bond donors (Lipinski definition) is 0. The van der Waals surface area contributed by atoms with E-state index in [0.29, 0.717) is 0 Å². The molecule has 0 saturated carbocycles. The summed E-state index contributed by atoms with van der Waals surface area (Å²) in [5.74, 6) is 1.03. The van der Waals surface area contributed by atoms with Crippen molar-refractivity contribution in [3.8, 4) is 5.75 Å². The van der Waals surface area contributed by atoms with Crippen LogP contribution in [0.2, 0.25) is 0 Å². The molecular weight excluding hydrogens is 420 g/mol. The Morgan fingerprint density at radius 2 is 1.09 bits per heavy atom. The Kier molecular flexibility index (Phi) is 16.0. The second-order valence-electron chi connectivity index (χ2n) is 9.47. The fraction of sp³-hybridized carbons (Fsp3) is 0.613. The van der Waals surface area contributed by atoms with Crippen LogP contribution in [0.3, 0.4) is 0 Å². The van der Waals surface area contributed by atoms with Gasteiger partial charge in [0.1, 0.15) is 5.75 Å². The number of ether oxygens (including phenoxy) is 1. The zero-order valence-corrected chi connectivity index (χ0v) is 22.3. The van der Waals surface area contributed by atoms with Gasteiger partial charge in [0, 0.05) is 4.90 Å². The Bertz CT molecular complexity index is 712. The Hall–Kier alpha value is -1.41. The first kappa shape index (κ1) is 27.8. The predicted octanol–water partition coefficient (Wildman–Crippen LogP) is 10.8. The Morgan fingerprint density at radius 1 is 0.576 bits per heavy atom. The summed E-state index contributed by atoms with van der Waals surface area (Å²) >= 11 is 1.81. The summed E-state index contributed by atoms with van der Waals surface area (Å²) in [6, 6.07) is 17.0. The number of aryl methyl sites for hydroxylation is 1. The van der Waals surface area contributed by atoms with Crippen LogP contribution < -0.4 is 4.74 Å². The lowest BCUT2D eigenvalue weighted by atomic mass is 10.0. The van der Waals surface area contributed by atoms with Crippen molar-refractivity contribution in [2.24, 2.45) is 0 Å². The molecule has 0 aliphatic heterocycles. The lowest BCUT2D eigenvalue weighted by Gasteiger charge is -2.13. The van der Waals surface area contributed by atoms with Crippen LogP contribution in [0.5, 0.6) is 5.75 Å². The molecule has 0 aliphatic rings. The van der Waals surface area contributed by atoms with E-state index in [9.17, 15) is 0 Å². The van der Waals surface area contributed by atoms with Gasteiger partial charge in [0.2, 0.25) is 0 Å². The van der Waals surface area contributed by atoms with Gasteiger partial charge in [-0.15, -0.1) is 0 Å². The molecule has 0 amide bonds. The average Bonchev–Trinajstić information content (AvgIpc) is 2.83. The third kappa shape index (κ3) is 13.2. The van der Waals surface area contributed by atoms with Crippen LogP contribution in [0.15, 0.2) is 58.3 Å². The highest BCUT2D eigenvalue weighted by molar-refractivity contribution is 7.99. The molecule has 0 radical (unpaired) electrons. The number of rotatable bonds is 20. The third-order valence-electron chi connectivity index (χ3n) is 6.39. The van der Waals surface area contributed by atoms with Crippen LogP contribution in [0.25, 0.3) is 0 Å². The van der Waals surface area contributed by atoms with Gasteiger partial charge in [-0.05, 0) is 37.1 Å². The molecule has 0 heterocycles. The Balaban J connectivity index is 1.45. The van der Waals surface area contributed by atoms with Gasteiger partial charge in [-0.25, -0.2) is 0 Å². The summed E-state index contributed by atoms with van der Waals surface area (Å²) in [5.41, 5.74) is 1.29. The minimum atomic E-state index is 0.824. The molecular formula is C31H48OS. The van der Waals surface area contributed by atoms with Gasteiger partial charge >= 0.3 is 0 Å². The summed E-state index contributed by atoms with van der Waals surface area (Å²) < 4.78 is 6.19. The van der Waals surface area contributed by atoms with Crippen molar-refractivity contribution in [2.45, 2.75) is 126 Å². The molecule has 0 spiro atoms. The maximum Gasteiger partial charge on any atom is 0.133 e. The molecule has 184 valence electrons. The minimum Gasteiger partial charge on any atom is -0.492 e. The quantitative estimate of drug-likeness (QED) is 0.179. The minimum absolute atomic E-state index is 0.824. The molecule has 2 heteroatoms. The van der Waals surface area contributed by atoms with Crippen LogP contribution >= 0.6 is 11.8 Å². The first-order valence-corrected chi connectivity index (χ1v) is 14.6. The molecule has 2 aromatic rings. The van der Waals surface area contributed by atoms with Gasteiger partial charge in [-0.3, -0.25) is 0 Å². The standard InChI is InChI=1S/C31H48OS/c1-3-4-5-6-7-8-9-10-11-12-13-14-15-16-17-21-27-32-30-26-22-23-28(2)31(30)33-29-24-19-18-20-25-29/h18-20,22-26H,3-17,21,27H2,1-2H3. The van der Waals surface area contributed by atoms with Crippen LogP contribution in [-0.2, 0) is 0 Å². The monoisotopic (exact) mass is 468 g/mol. The van der Waals surface area contributed by atoms with Crippen molar-refractivity contribution in [1.29, 1.82) is 0 Å². The molecule has 0 fully saturated rings. The molecule has 0 aromatic heterocycles. The van der Waals surface area contributed by atoms with Gasteiger partial charge < -0.3 is 4.74 Å². The second kappa shape index (κ2) is 19.0. The summed E-state index contributed by atoms with van der Waals surface area (Å²) in [4.78, 5) is 2.51. The van der Waals surface area contributed by atoms with E-state index in [2.05, 4.69) is 62.4 Å². The largest absolute Gasteiger partial charge is 0.492 e. The van der Waals surface area contributed by atoms with E-state index < -0.39 is 0 Å². The van der Waals surface area contributed by atoms with Crippen molar-refractivity contribution in [3.63, 3.8) is 0 Å². The zero-order valence-electron chi connectivity index (χ0n) is 21.5. The lowest BCUT2D eigenvalue weighted by Crippen LogP contribution is -1.99. The van der Waals surface area contributed by atoms with E-state index in [1.54, 1.807) is 11.8 Å². The van der Waals surface area contributed by atoms with Crippen molar-refractivity contribution in [3.05, 3.63) is 54.1 Å².